The van der Waals surface area contributed by atoms with Crippen LogP contribution in [0.15, 0.2) is 60.2 Å². The summed E-state index contributed by atoms with van der Waals surface area (Å²) in [6.45, 7) is 0.409. The summed E-state index contributed by atoms with van der Waals surface area (Å²) in [5.41, 5.74) is 1.79. The molecule has 0 saturated carbocycles. The number of rotatable bonds is 8. The average molecular weight is 493 g/mol. The Morgan fingerprint density at radius 1 is 1.09 bits per heavy atom. The highest BCUT2D eigenvalue weighted by Gasteiger charge is 2.17. The van der Waals surface area contributed by atoms with Gasteiger partial charge in [0.05, 0.1) is 19.2 Å². The average Bonchev–Trinajstić information content (AvgIpc) is 3.34. The highest BCUT2D eigenvalue weighted by molar-refractivity contribution is 6.32. The highest BCUT2D eigenvalue weighted by Crippen LogP contribution is 2.38. The van der Waals surface area contributed by atoms with Gasteiger partial charge in [-0.25, -0.2) is 0 Å². The van der Waals surface area contributed by atoms with E-state index in [1.54, 1.807) is 43.5 Å². The Morgan fingerprint density at radius 2 is 1.86 bits per heavy atom. The van der Waals surface area contributed by atoms with E-state index in [0.717, 1.165) is 5.56 Å². The number of amides is 1. The zero-order valence-corrected chi connectivity index (χ0v) is 19.7. The van der Waals surface area contributed by atoms with Gasteiger partial charge in [-0.1, -0.05) is 17.7 Å². The molecule has 1 amide bonds. The van der Waals surface area contributed by atoms with E-state index in [0.29, 0.717) is 40.0 Å². The normalized spacial score (nSPS) is 12.0. The third-order valence-electron chi connectivity index (χ3n) is 5.10. The fourth-order valence-corrected chi connectivity index (χ4v) is 3.61. The van der Waals surface area contributed by atoms with Crippen LogP contribution in [0.2, 0.25) is 5.02 Å². The van der Waals surface area contributed by atoms with Crippen molar-refractivity contribution in [2.75, 3.05) is 26.3 Å². The van der Waals surface area contributed by atoms with Gasteiger partial charge in [0.2, 0.25) is 6.79 Å². The molecule has 0 radical (unpaired) electrons. The van der Waals surface area contributed by atoms with Crippen molar-refractivity contribution < 1.29 is 28.5 Å². The molecule has 0 atom stereocenters. The third kappa shape index (κ3) is 5.60. The summed E-state index contributed by atoms with van der Waals surface area (Å²) in [4.78, 5) is 12.6. The van der Waals surface area contributed by atoms with Crippen molar-refractivity contribution in [1.29, 1.82) is 5.26 Å². The van der Waals surface area contributed by atoms with Crippen molar-refractivity contribution in [3.63, 3.8) is 0 Å². The summed E-state index contributed by atoms with van der Waals surface area (Å²) in [7, 11) is 3.03. The molecule has 1 aliphatic heterocycles. The number of hydrogen-bond donors (Lipinski definition) is 1. The molecular weight excluding hydrogens is 472 g/mol. The number of methoxy groups -OCH3 is 2. The molecule has 8 nitrogen and oxygen atoms in total. The molecule has 1 heterocycles. The predicted octanol–water partition coefficient (Wildman–Crippen LogP) is 5.21. The quantitative estimate of drug-likeness (QED) is 0.340. The van der Waals surface area contributed by atoms with Gasteiger partial charge in [0.1, 0.15) is 24.0 Å². The Hall–Kier alpha value is -4.35. The second-order valence-electron chi connectivity index (χ2n) is 7.36. The number of nitrogens with zero attached hydrogens (tertiary/aromatic N) is 1. The number of benzene rings is 3. The van der Waals surface area contributed by atoms with E-state index >= 15 is 0 Å². The number of carbonyl (C=O) groups is 1. The van der Waals surface area contributed by atoms with Crippen LogP contribution < -0.4 is 29.0 Å². The van der Waals surface area contributed by atoms with Crippen LogP contribution in [-0.4, -0.2) is 26.9 Å². The number of nitriles is 1. The number of hydrogen-bond acceptors (Lipinski definition) is 7. The molecule has 3 aromatic rings. The second kappa shape index (κ2) is 10.7. The molecule has 1 aliphatic rings. The van der Waals surface area contributed by atoms with Crippen LogP contribution in [-0.2, 0) is 11.4 Å². The van der Waals surface area contributed by atoms with Gasteiger partial charge in [-0.05, 0) is 65.7 Å². The van der Waals surface area contributed by atoms with Gasteiger partial charge in [-0.3, -0.25) is 4.79 Å². The topological polar surface area (TPSA) is 99.0 Å². The summed E-state index contributed by atoms with van der Waals surface area (Å²) < 4.78 is 27.2. The largest absolute Gasteiger partial charge is 0.497 e. The Kier molecular flexibility index (Phi) is 7.29. The Balaban J connectivity index is 1.50. The lowest BCUT2D eigenvalue weighted by Gasteiger charge is -2.14. The van der Waals surface area contributed by atoms with Crippen LogP contribution in [0, 0.1) is 11.3 Å². The predicted molar refractivity (Wildman–Crippen MR) is 130 cm³/mol. The Morgan fingerprint density at radius 3 is 2.57 bits per heavy atom. The van der Waals surface area contributed by atoms with E-state index in [4.69, 9.17) is 35.3 Å². The molecule has 9 heteroatoms. The second-order valence-corrected chi connectivity index (χ2v) is 7.77. The van der Waals surface area contributed by atoms with E-state index < -0.39 is 5.91 Å². The summed E-state index contributed by atoms with van der Waals surface area (Å²) in [6, 6.07) is 17.4. The van der Waals surface area contributed by atoms with Crippen LogP contribution in [0.25, 0.3) is 6.08 Å². The molecule has 0 spiro atoms. The Labute approximate surface area is 207 Å². The molecule has 0 unspecified atom stereocenters. The monoisotopic (exact) mass is 492 g/mol. The smallest absolute Gasteiger partial charge is 0.266 e. The van der Waals surface area contributed by atoms with Gasteiger partial charge < -0.3 is 29.0 Å². The van der Waals surface area contributed by atoms with Crippen molar-refractivity contribution in [2.24, 2.45) is 0 Å². The van der Waals surface area contributed by atoms with Gasteiger partial charge in [0.25, 0.3) is 5.91 Å². The summed E-state index contributed by atoms with van der Waals surface area (Å²) in [5, 5.41) is 12.5. The summed E-state index contributed by atoms with van der Waals surface area (Å²) >= 11 is 6.46. The lowest BCUT2D eigenvalue weighted by molar-refractivity contribution is -0.112. The zero-order valence-electron chi connectivity index (χ0n) is 19.0. The third-order valence-corrected chi connectivity index (χ3v) is 5.38. The number of ether oxygens (including phenoxy) is 5. The molecule has 178 valence electrons. The maximum atomic E-state index is 12.6. The number of anilines is 1. The van der Waals surface area contributed by atoms with E-state index in [1.165, 1.54) is 13.2 Å². The lowest BCUT2D eigenvalue weighted by Crippen LogP contribution is -2.13. The first-order valence-corrected chi connectivity index (χ1v) is 10.8. The van der Waals surface area contributed by atoms with Gasteiger partial charge in [0.15, 0.2) is 23.0 Å². The molecule has 3 aromatic carbocycles. The minimum absolute atomic E-state index is 0.104. The van der Waals surface area contributed by atoms with Crippen LogP contribution in [0.3, 0.4) is 0 Å². The fraction of sp³-hybridized carbons (Fsp3) is 0.154. The van der Waals surface area contributed by atoms with E-state index in [1.807, 2.05) is 24.3 Å². The molecule has 0 fully saturated rings. The number of fused-ring (bicyclic) bond motifs is 1. The lowest BCUT2D eigenvalue weighted by atomic mass is 10.1. The number of halogens is 1. The van der Waals surface area contributed by atoms with Crippen LogP contribution in [0.4, 0.5) is 5.69 Å². The van der Waals surface area contributed by atoms with Crippen LogP contribution in [0.5, 0.6) is 28.7 Å². The van der Waals surface area contributed by atoms with E-state index in [-0.39, 0.29) is 24.0 Å². The first-order valence-electron chi connectivity index (χ1n) is 10.5. The van der Waals surface area contributed by atoms with Crippen molar-refractivity contribution in [3.8, 4) is 34.8 Å². The highest BCUT2D eigenvalue weighted by atomic mass is 35.5. The molecule has 1 N–H and O–H groups in total. The van der Waals surface area contributed by atoms with Crippen LogP contribution >= 0.6 is 11.6 Å². The summed E-state index contributed by atoms with van der Waals surface area (Å²) in [5.74, 6) is 2.13. The van der Waals surface area contributed by atoms with Gasteiger partial charge in [0, 0.05) is 5.69 Å². The standard InChI is InChI=1S/C26H21ClN2O6/c1-31-20-6-4-19(5-7-20)29-26(30)18(13-28)9-17-10-21(27)25(24(12-17)32-2)33-14-16-3-8-22-23(11-16)35-15-34-22/h3-12H,14-15H2,1-2H3,(H,29,30)/b18-9-. The van der Waals surface area contributed by atoms with Crippen molar-refractivity contribution in [2.45, 2.75) is 6.61 Å². The summed E-state index contributed by atoms with van der Waals surface area (Å²) in [6.07, 6.45) is 1.43. The van der Waals surface area contributed by atoms with Gasteiger partial charge in [-0.2, -0.15) is 5.26 Å². The minimum atomic E-state index is -0.559. The van der Waals surface area contributed by atoms with Crippen molar-refractivity contribution >= 4 is 29.3 Å². The fourth-order valence-electron chi connectivity index (χ4n) is 3.34. The molecule has 35 heavy (non-hydrogen) atoms. The molecule has 0 bridgehead atoms. The van der Waals surface area contributed by atoms with Gasteiger partial charge in [-0.15, -0.1) is 0 Å². The first kappa shape index (κ1) is 23.8. The van der Waals surface area contributed by atoms with Gasteiger partial charge >= 0.3 is 0 Å². The minimum Gasteiger partial charge on any atom is -0.497 e. The Bertz CT molecular complexity index is 1310. The zero-order chi connectivity index (χ0) is 24.8. The maximum absolute atomic E-state index is 12.6. The van der Waals surface area contributed by atoms with Crippen molar-refractivity contribution in [1.82, 2.24) is 0 Å². The molecule has 0 aliphatic carbocycles. The maximum Gasteiger partial charge on any atom is 0.266 e. The number of carbonyl (C=O) groups excluding carboxylic acids is 1. The molecule has 0 saturated heterocycles. The SMILES string of the molecule is COc1ccc(NC(=O)/C(C#N)=C\c2cc(Cl)c(OCc3ccc4c(c3)OCO4)c(OC)c2)cc1. The van der Waals surface area contributed by atoms with E-state index in [2.05, 4.69) is 5.32 Å². The molecule has 4 rings (SSSR count). The van der Waals surface area contributed by atoms with Crippen LogP contribution in [0.1, 0.15) is 11.1 Å². The first-order chi connectivity index (χ1) is 17.0. The molecular formula is C26H21ClN2O6. The van der Waals surface area contributed by atoms with E-state index in [9.17, 15) is 10.1 Å². The molecule has 0 aromatic heterocycles. The number of nitrogens with one attached hydrogen (secondary N) is 1. The van der Waals surface area contributed by atoms with Crippen molar-refractivity contribution in [3.05, 3.63) is 76.3 Å².